The molecule has 0 saturated carbocycles. The van der Waals surface area contributed by atoms with Gasteiger partial charge in [0.25, 0.3) is 0 Å². The molecule has 2 N–H and O–H groups in total. The normalized spacial score (nSPS) is 12.4. The first-order chi connectivity index (χ1) is 11.9. The number of methoxy groups -OCH3 is 1. The van der Waals surface area contributed by atoms with Crippen molar-refractivity contribution >= 4 is 31.9 Å². The van der Waals surface area contributed by atoms with Crippen molar-refractivity contribution < 1.29 is 17.9 Å². The number of sulfonamides is 1. The molecule has 0 aromatic heterocycles. The van der Waals surface area contributed by atoms with Gasteiger partial charge >= 0.3 is 0 Å². The van der Waals surface area contributed by atoms with Crippen LogP contribution in [0.1, 0.15) is 18.0 Å². The van der Waals surface area contributed by atoms with Crippen molar-refractivity contribution in [2.45, 2.75) is 17.4 Å². The van der Waals surface area contributed by atoms with Gasteiger partial charge in [-0.1, -0.05) is 28.1 Å². The minimum atomic E-state index is -3.78. The van der Waals surface area contributed by atoms with Crippen LogP contribution in [-0.2, 0) is 14.8 Å². The van der Waals surface area contributed by atoms with Crippen molar-refractivity contribution in [1.29, 1.82) is 0 Å². The maximum absolute atomic E-state index is 12.6. The van der Waals surface area contributed by atoms with Gasteiger partial charge in [-0.05, 0) is 42.0 Å². The Hall–Kier alpha value is -1.90. The molecule has 0 fully saturated rings. The lowest BCUT2D eigenvalue weighted by atomic mass is 10.0. The first-order valence-corrected chi connectivity index (χ1v) is 9.76. The highest BCUT2D eigenvalue weighted by molar-refractivity contribution is 9.10. The van der Waals surface area contributed by atoms with Crippen LogP contribution in [0, 0.1) is 0 Å². The monoisotopic (exact) mass is 426 g/mol. The second-order valence-corrected chi connectivity index (χ2v) is 7.91. The third-order valence-corrected chi connectivity index (χ3v) is 5.62. The summed E-state index contributed by atoms with van der Waals surface area (Å²) in [5.74, 6) is 0.387. The Morgan fingerprint density at radius 2 is 1.72 bits per heavy atom. The lowest BCUT2D eigenvalue weighted by Crippen LogP contribution is -2.32. The molecule has 2 aromatic carbocycles. The van der Waals surface area contributed by atoms with E-state index in [4.69, 9.17) is 4.74 Å². The maximum Gasteiger partial charge on any atom is 0.241 e. The van der Waals surface area contributed by atoms with Crippen LogP contribution in [-0.4, -0.2) is 28.5 Å². The highest BCUT2D eigenvalue weighted by Gasteiger charge is 2.23. The molecule has 0 aliphatic heterocycles. The number of carbonyl (C=O) groups is 1. The quantitative estimate of drug-likeness (QED) is 0.712. The highest BCUT2D eigenvalue weighted by Crippen LogP contribution is 2.23. The molecule has 0 aliphatic rings. The van der Waals surface area contributed by atoms with Gasteiger partial charge in [0.15, 0.2) is 0 Å². The van der Waals surface area contributed by atoms with E-state index in [1.807, 2.05) is 0 Å². The first kappa shape index (κ1) is 19.4. The van der Waals surface area contributed by atoms with E-state index in [0.29, 0.717) is 11.3 Å². The van der Waals surface area contributed by atoms with Gasteiger partial charge in [-0.15, -0.1) is 0 Å². The van der Waals surface area contributed by atoms with Crippen molar-refractivity contribution in [2.24, 2.45) is 0 Å². The zero-order valence-electron chi connectivity index (χ0n) is 13.8. The van der Waals surface area contributed by atoms with Gasteiger partial charge in [-0.2, -0.15) is 0 Å². The average Bonchev–Trinajstić information content (AvgIpc) is 2.61. The van der Waals surface area contributed by atoms with Gasteiger partial charge in [0.2, 0.25) is 15.9 Å². The number of hydrogen-bond acceptors (Lipinski definition) is 4. The Bertz CT molecular complexity index is 821. The van der Waals surface area contributed by atoms with Crippen LogP contribution in [0.15, 0.2) is 57.9 Å². The molecule has 0 bridgehead atoms. The van der Waals surface area contributed by atoms with E-state index in [0.717, 1.165) is 4.47 Å². The Morgan fingerprint density at radius 1 is 1.12 bits per heavy atom. The lowest BCUT2D eigenvalue weighted by molar-refractivity contribution is -0.121. The summed E-state index contributed by atoms with van der Waals surface area (Å²) in [7, 11) is -0.717. The number of ether oxygens (including phenoxy) is 1. The van der Waals surface area contributed by atoms with Crippen molar-refractivity contribution in [1.82, 2.24) is 10.0 Å². The lowest BCUT2D eigenvalue weighted by Gasteiger charge is -2.19. The number of rotatable bonds is 7. The summed E-state index contributed by atoms with van der Waals surface area (Å²) >= 11 is 3.28. The van der Waals surface area contributed by atoms with Crippen LogP contribution in [0.2, 0.25) is 0 Å². The Labute approximate surface area is 155 Å². The first-order valence-electron chi connectivity index (χ1n) is 7.48. The zero-order valence-corrected chi connectivity index (χ0v) is 16.2. The van der Waals surface area contributed by atoms with E-state index in [2.05, 4.69) is 26.0 Å². The molecule has 0 heterocycles. The van der Waals surface area contributed by atoms with E-state index in [9.17, 15) is 13.2 Å². The van der Waals surface area contributed by atoms with Gasteiger partial charge < -0.3 is 10.1 Å². The Kier molecular flexibility index (Phi) is 6.57. The second-order valence-electron chi connectivity index (χ2n) is 5.28. The standard InChI is InChI=1S/C17H19BrN2O4S/c1-19-17(21)11-16(12-3-7-14(24-2)8-4-12)20-25(22,23)15-9-5-13(18)6-10-15/h3-10,16,20H,11H2,1-2H3,(H,19,21). The van der Waals surface area contributed by atoms with Gasteiger partial charge in [-0.25, -0.2) is 13.1 Å². The molecule has 0 saturated heterocycles. The number of benzene rings is 2. The van der Waals surface area contributed by atoms with Crippen molar-refractivity contribution in [3.05, 3.63) is 58.6 Å². The van der Waals surface area contributed by atoms with Gasteiger partial charge in [0.05, 0.1) is 18.0 Å². The molecule has 8 heteroatoms. The molecule has 0 spiro atoms. The molecule has 0 radical (unpaired) electrons. The van der Waals surface area contributed by atoms with Crippen LogP contribution >= 0.6 is 15.9 Å². The summed E-state index contributed by atoms with van der Waals surface area (Å²) in [5.41, 5.74) is 0.671. The Balaban J connectivity index is 2.31. The number of halogens is 1. The maximum atomic E-state index is 12.6. The van der Waals surface area contributed by atoms with E-state index < -0.39 is 16.1 Å². The number of carbonyl (C=O) groups excluding carboxylic acids is 1. The molecule has 2 rings (SSSR count). The van der Waals surface area contributed by atoms with Crippen LogP contribution in [0.5, 0.6) is 5.75 Å². The molecular weight excluding hydrogens is 408 g/mol. The summed E-state index contributed by atoms with van der Waals surface area (Å²) < 4.78 is 33.8. The summed E-state index contributed by atoms with van der Waals surface area (Å²) in [4.78, 5) is 11.9. The summed E-state index contributed by atoms with van der Waals surface area (Å²) in [6.07, 6.45) is -0.0153. The molecule has 2 aromatic rings. The number of nitrogens with one attached hydrogen (secondary N) is 2. The van der Waals surface area contributed by atoms with Crippen molar-refractivity contribution in [2.75, 3.05) is 14.2 Å². The molecule has 1 amide bonds. The van der Waals surface area contributed by atoms with E-state index in [1.54, 1.807) is 43.5 Å². The second kappa shape index (κ2) is 8.46. The third kappa shape index (κ3) is 5.29. The summed E-state index contributed by atoms with van der Waals surface area (Å²) in [5, 5.41) is 2.52. The SMILES string of the molecule is CNC(=O)CC(NS(=O)(=O)c1ccc(Br)cc1)c1ccc(OC)cc1. The molecule has 0 aliphatic carbocycles. The zero-order chi connectivity index (χ0) is 18.4. The minimum absolute atomic E-state index is 0.0153. The fourth-order valence-electron chi connectivity index (χ4n) is 2.22. The molecule has 25 heavy (non-hydrogen) atoms. The molecule has 134 valence electrons. The smallest absolute Gasteiger partial charge is 0.241 e. The fraction of sp³-hybridized carbons (Fsp3) is 0.235. The highest BCUT2D eigenvalue weighted by atomic mass is 79.9. The predicted molar refractivity (Wildman–Crippen MR) is 98.9 cm³/mol. The predicted octanol–water partition coefficient (Wildman–Crippen LogP) is 2.61. The van der Waals surface area contributed by atoms with Crippen molar-refractivity contribution in [3.8, 4) is 5.75 Å². The number of hydrogen-bond donors (Lipinski definition) is 2. The van der Waals surface area contributed by atoms with Gasteiger partial charge in [0.1, 0.15) is 5.75 Å². The van der Waals surface area contributed by atoms with Crippen LogP contribution < -0.4 is 14.8 Å². The van der Waals surface area contributed by atoms with Gasteiger partial charge in [0, 0.05) is 17.9 Å². The van der Waals surface area contributed by atoms with E-state index in [-0.39, 0.29) is 17.2 Å². The van der Waals surface area contributed by atoms with Crippen LogP contribution in [0.3, 0.4) is 0 Å². The average molecular weight is 427 g/mol. The molecule has 1 unspecified atom stereocenters. The van der Waals surface area contributed by atoms with Crippen molar-refractivity contribution in [3.63, 3.8) is 0 Å². The molecular formula is C17H19BrN2O4S. The third-order valence-electron chi connectivity index (χ3n) is 3.61. The molecule has 6 nitrogen and oxygen atoms in total. The van der Waals surface area contributed by atoms with E-state index in [1.165, 1.54) is 19.2 Å². The van der Waals surface area contributed by atoms with Gasteiger partial charge in [-0.3, -0.25) is 4.79 Å². The topological polar surface area (TPSA) is 84.5 Å². The summed E-state index contributed by atoms with van der Waals surface area (Å²) in [6.45, 7) is 0. The van der Waals surface area contributed by atoms with Crippen LogP contribution in [0.25, 0.3) is 0 Å². The minimum Gasteiger partial charge on any atom is -0.497 e. The Morgan fingerprint density at radius 3 is 2.24 bits per heavy atom. The fourth-order valence-corrected chi connectivity index (χ4v) is 3.71. The molecule has 1 atom stereocenters. The summed E-state index contributed by atoms with van der Waals surface area (Å²) in [6, 6.07) is 12.5. The van der Waals surface area contributed by atoms with E-state index >= 15 is 0 Å². The number of amides is 1. The largest absolute Gasteiger partial charge is 0.497 e. The van der Waals surface area contributed by atoms with Crippen LogP contribution in [0.4, 0.5) is 0 Å².